The van der Waals surface area contributed by atoms with Crippen LogP contribution >= 0.6 is 0 Å². The van der Waals surface area contributed by atoms with Gasteiger partial charge in [0.25, 0.3) is 0 Å². The number of ether oxygens (including phenoxy) is 1. The van der Waals surface area contributed by atoms with E-state index in [1.807, 2.05) is 43.3 Å². The molecule has 31 heavy (non-hydrogen) atoms. The maximum absolute atomic E-state index is 13.0. The molecule has 0 radical (unpaired) electrons. The van der Waals surface area contributed by atoms with Gasteiger partial charge >= 0.3 is 0 Å². The molecule has 1 saturated heterocycles. The molecule has 5 nitrogen and oxygen atoms in total. The SMILES string of the molecule is COc1ccc2cc(S(=O)(=O)N[C@H](C)c3ccc(N4CCC[C@@H](C)C4)cc3)ccc2c1. The van der Waals surface area contributed by atoms with Crippen molar-refractivity contribution in [3.8, 4) is 5.75 Å². The summed E-state index contributed by atoms with van der Waals surface area (Å²) in [6.45, 7) is 6.33. The van der Waals surface area contributed by atoms with Gasteiger partial charge in [-0.1, -0.05) is 31.2 Å². The number of hydrogen-bond donors (Lipinski definition) is 1. The molecule has 4 rings (SSSR count). The molecule has 0 amide bonds. The molecule has 0 aromatic heterocycles. The Bertz CT molecular complexity index is 1160. The molecule has 1 aliphatic rings. The molecule has 3 aromatic rings. The van der Waals surface area contributed by atoms with Crippen LogP contribution in [-0.4, -0.2) is 28.6 Å². The van der Waals surface area contributed by atoms with Crippen LogP contribution in [0.1, 0.15) is 38.3 Å². The molecule has 0 saturated carbocycles. The quantitative estimate of drug-likeness (QED) is 0.580. The van der Waals surface area contributed by atoms with Crippen LogP contribution < -0.4 is 14.4 Å². The lowest BCUT2D eigenvalue weighted by Crippen LogP contribution is -2.34. The summed E-state index contributed by atoms with van der Waals surface area (Å²) >= 11 is 0. The number of rotatable bonds is 6. The minimum atomic E-state index is -3.64. The predicted octanol–water partition coefficient (Wildman–Crippen LogP) is 5.12. The van der Waals surface area contributed by atoms with Crippen LogP contribution in [0.3, 0.4) is 0 Å². The fraction of sp³-hybridized carbons (Fsp3) is 0.360. The van der Waals surface area contributed by atoms with Gasteiger partial charge in [0, 0.05) is 24.8 Å². The first-order chi connectivity index (χ1) is 14.9. The smallest absolute Gasteiger partial charge is 0.241 e. The zero-order valence-electron chi connectivity index (χ0n) is 18.3. The number of anilines is 1. The van der Waals surface area contributed by atoms with Crippen LogP contribution in [0.15, 0.2) is 65.6 Å². The molecule has 0 spiro atoms. The summed E-state index contributed by atoms with van der Waals surface area (Å²) in [6, 6.07) is 18.7. The van der Waals surface area contributed by atoms with E-state index < -0.39 is 10.0 Å². The van der Waals surface area contributed by atoms with Crippen molar-refractivity contribution in [3.63, 3.8) is 0 Å². The van der Waals surface area contributed by atoms with Crippen molar-refractivity contribution >= 4 is 26.5 Å². The predicted molar refractivity (Wildman–Crippen MR) is 126 cm³/mol. The number of fused-ring (bicyclic) bond motifs is 1. The average molecular weight is 439 g/mol. The van der Waals surface area contributed by atoms with Crippen LogP contribution in [-0.2, 0) is 10.0 Å². The lowest BCUT2D eigenvalue weighted by atomic mass is 9.99. The van der Waals surface area contributed by atoms with Gasteiger partial charge in [0.15, 0.2) is 0 Å². The van der Waals surface area contributed by atoms with E-state index in [2.05, 4.69) is 28.7 Å². The second-order valence-corrected chi connectivity index (χ2v) is 10.2. The highest BCUT2D eigenvalue weighted by atomic mass is 32.2. The average Bonchev–Trinajstić information content (AvgIpc) is 2.78. The van der Waals surface area contributed by atoms with Gasteiger partial charge in [0.05, 0.1) is 12.0 Å². The Morgan fingerprint density at radius 1 is 1.03 bits per heavy atom. The fourth-order valence-corrected chi connectivity index (χ4v) is 5.53. The van der Waals surface area contributed by atoms with E-state index in [-0.39, 0.29) is 10.9 Å². The van der Waals surface area contributed by atoms with Crippen molar-refractivity contribution in [2.45, 2.75) is 37.6 Å². The highest BCUT2D eigenvalue weighted by Gasteiger charge is 2.20. The van der Waals surface area contributed by atoms with Gasteiger partial charge in [-0.05, 0) is 78.4 Å². The van der Waals surface area contributed by atoms with E-state index in [4.69, 9.17) is 4.74 Å². The topological polar surface area (TPSA) is 58.6 Å². The summed E-state index contributed by atoms with van der Waals surface area (Å²) < 4.78 is 34.0. The van der Waals surface area contributed by atoms with Gasteiger partial charge in [-0.3, -0.25) is 0 Å². The van der Waals surface area contributed by atoms with E-state index in [1.165, 1.54) is 18.5 Å². The molecule has 1 N–H and O–H groups in total. The Hall–Kier alpha value is -2.57. The van der Waals surface area contributed by atoms with Crippen LogP contribution in [0.2, 0.25) is 0 Å². The van der Waals surface area contributed by atoms with Gasteiger partial charge in [0.1, 0.15) is 5.75 Å². The second kappa shape index (κ2) is 8.89. The lowest BCUT2D eigenvalue weighted by Gasteiger charge is -2.33. The Morgan fingerprint density at radius 2 is 1.74 bits per heavy atom. The zero-order valence-corrected chi connectivity index (χ0v) is 19.2. The minimum absolute atomic E-state index is 0.260. The minimum Gasteiger partial charge on any atom is -0.497 e. The molecular formula is C25H30N2O3S. The van der Waals surface area contributed by atoms with Crippen LogP contribution in [0.4, 0.5) is 5.69 Å². The van der Waals surface area contributed by atoms with Crippen LogP contribution in [0.5, 0.6) is 5.75 Å². The van der Waals surface area contributed by atoms with E-state index in [0.717, 1.165) is 35.2 Å². The van der Waals surface area contributed by atoms with Crippen molar-refractivity contribution in [2.24, 2.45) is 5.92 Å². The summed E-state index contributed by atoms with van der Waals surface area (Å²) in [5, 5.41) is 1.80. The van der Waals surface area contributed by atoms with Gasteiger partial charge in [-0.15, -0.1) is 0 Å². The van der Waals surface area contributed by atoms with Gasteiger partial charge in [-0.2, -0.15) is 0 Å². The van der Waals surface area contributed by atoms with Crippen molar-refractivity contribution in [3.05, 3.63) is 66.2 Å². The van der Waals surface area contributed by atoms with Crippen molar-refractivity contribution < 1.29 is 13.2 Å². The molecule has 164 valence electrons. The summed E-state index contributed by atoms with van der Waals surface area (Å²) in [5.41, 5.74) is 2.15. The third-order valence-corrected chi connectivity index (χ3v) is 7.61. The van der Waals surface area contributed by atoms with E-state index in [9.17, 15) is 8.42 Å². The van der Waals surface area contributed by atoms with Crippen molar-refractivity contribution in [2.75, 3.05) is 25.1 Å². The number of nitrogens with one attached hydrogen (secondary N) is 1. The van der Waals surface area contributed by atoms with Gasteiger partial charge < -0.3 is 9.64 Å². The highest BCUT2D eigenvalue weighted by Crippen LogP contribution is 2.27. The first-order valence-electron chi connectivity index (χ1n) is 10.8. The first-order valence-corrected chi connectivity index (χ1v) is 12.3. The third-order valence-electron chi connectivity index (χ3n) is 6.08. The summed E-state index contributed by atoms with van der Waals surface area (Å²) in [7, 11) is -2.03. The molecule has 1 aliphatic heterocycles. The standard InChI is InChI=1S/C25H30N2O3S/c1-18-5-4-14-27(17-18)23-10-6-20(7-11-23)19(2)26-31(28,29)25-13-9-21-15-24(30-3)12-8-22(21)16-25/h6-13,15-16,18-19,26H,4-5,14,17H2,1-3H3/t18-,19-/m1/s1. The number of hydrogen-bond acceptors (Lipinski definition) is 4. The highest BCUT2D eigenvalue weighted by molar-refractivity contribution is 7.89. The summed E-state index contributed by atoms with van der Waals surface area (Å²) in [6.07, 6.45) is 2.51. The first kappa shape index (κ1) is 21.7. The van der Waals surface area contributed by atoms with Gasteiger partial charge in [0.2, 0.25) is 10.0 Å². The van der Waals surface area contributed by atoms with Crippen LogP contribution in [0, 0.1) is 5.92 Å². The molecule has 0 bridgehead atoms. The molecule has 2 atom stereocenters. The molecule has 6 heteroatoms. The molecule has 0 unspecified atom stereocenters. The largest absolute Gasteiger partial charge is 0.497 e. The third kappa shape index (κ3) is 4.86. The molecule has 0 aliphatic carbocycles. The lowest BCUT2D eigenvalue weighted by molar-refractivity contribution is 0.415. The van der Waals surface area contributed by atoms with Crippen molar-refractivity contribution in [1.29, 1.82) is 0 Å². The number of nitrogens with zero attached hydrogens (tertiary/aromatic N) is 1. The monoisotopic (exact) mass is 438 g/mol. The van der Waals surface area contributed by atoms with Gasteiger partial charge in [-0.25, -0.2) is 13.1 Å². The van der Waals surface area contributed by atoms with E-state index >= 15 is 0 Å². The molecule has 3 aromatic carbocycles. The molecule has 1 fully saturated rings. The van der Waals surface area contributed by atoms with E-state index in [0.29, 0.717) is 5.92 Å². The Labute approximate surface area is 185 Å². The normalized spacial score (nSPS) is 18.2. The van der Waals surface area contributed by atoms with E-state index in [1.54, 1.807) is 19.2 Å². The zero-order chi connectivity index (χ0) is 22.0. The molecule has 1 heterocycles. The Balaban J connectivity index is 1.49. The second-order valence-electron chi connectivity index (χ2n) is 8.50. The van der Waals surface area contributed by atoms with Crippen molar-refractivity contribution in [1.82, 2.24) is 4.72 Å². The fourth-order valence-electron chi connectivity index (χ4n) is 4.26. The summed E-state index contributed by atoms with van der Waals surface area (Å²) in [5.74, 6) is 1.46. The molecular weight excluding hydrogens is 408 g/mol. The maximum atomic E-state index is 13.0. The number of sulfonamides is 1. The Morgan fingerprint density at radius 3 is 2.45 bits per heavy atom. The maximum Gasteiger partial charge on any atom is 0.241 e. The number of methoxy groups -OCH3 is 1. The van der Waals surface area contributed by atoms with Crippen LogP contribution in [0.25, 0.3) is 10.8 Å². The Kier molecular flexibility index (Phi) is 6.21. The summed E-state index contributed by atoms with van der Waals surface area (Å²) in [4.78, 5) is 2.67. The number of benzene rings is 3. The number of piperidine rings is 1.